The Hall–Kier alpha value is -1.14. The van der Waals surface area contributed by atoms with Crippen LogP contribution in [0.4, 0.5) is 0 Å². The number of amides is 1. The minimum atomic E-state index is -0.990. The van der Waals surface area contributed by atoms with E-state index < -0.39 is 12.0 Å². The molecule has 1 atom stereocenters. The third-order valence-corrected chi connectivity index (χ3v) is 3.82. The summed E-state index contributed by atoms with van der Waals surface area (Å²) in [5.74, 6) is -1.10. The number of aliphatic carboxylic acids is 1. The number of carboxylic acids is 1. The number of nitrogens with zero attached hydrogens (tertiary/aromatic N) is 1. The monoisotopic (exact) mass is 256 g/mol. The van der Waals surface area contributed by atoms with Crippen molar-refractivity contribution in [3.63, 3.8) is 0 Å². The predicted molar refractivity (Wildman–Crippen MR) is 63.9 cm³/mol. The van der Waals surface area contributed by atoms with Crippen LogP contribution in [0.25, 0.3) is 0 Å². The topological polar surface area (TPSA) is 92.9 Å². The van der Waals surface area contributed by atoms with Gasteiger partial charge in [0.25, 0.3) is 0 Å². The normalized spacial score (nSPS) is 33.2. The van der Waals surface area contributed by atoms with Crippen molar-refractivity contribution in [3.05, 3.63) is 0 Å². The van der Waals surface area contributed by atoms with Crippen molar-refractivity contribution in [2.45, 2.75) is 37.8 Å². The van der Waals surface area contributed by atoms with E-state index in [1.807, 2.05) is 0 Å². The Morgan fingerprint density at radius 3 is 2.50 bits per heavy atom. The Balaban J connectivity index is 2.00. The highest BCUT2D eigenvalue weighted by atomic mass is 16.5. The number of hydrogen-bond acceptors (Lipinski definition) is 4. The first-order valence-electron chi connectivity index (χ1n) is 6.46. The quantitative estimate of drug-likeness (QED) is 0.714. The van der Waals surface area contributed by atoms with Crippen LogP contribution in [0.2, 0.25) is 0 Å². The number of carboxylic acid groups (broad SMARTS) is 1. The molecule has 1 aliphatic heterocycles. The molecule has 1 saturated heterocycles. The smallest absolute Gasteiger partial charge is 0.328 e. The fourth-order valence-corrected chi connectivity index (χ4v) is 2.67. The molecule has 1 aliphatic carbocycles. The lowest BCUT2D eigenvalue weighted by molar-refractivity contribution is -0.160. The Morgan fingerprint density at radius 1 is 1.22 bits per heavy atom. The second kappa shape index (κ2) is 5.67. The maximum atomic E-state index is 12.3. The standard InChI is InChI=1S/C12H20N2O4/c13-9-3-1-8(2-4-9)11(15)14-5-6-18-7-10(14)12(16)17/h8-10H,1-7,13H2,(H,16,17). The zero-order valence-corrected chi connectivity index (χ0v) is 10.4. The van der Waals surface area contributed by atoms with Crippen LogP contribution in [-0.4, -0.2) is 53.7 Å². The first-order valence-corrected chi connectivity index (χ1v) is 6.46. The zero-order valence-electron chi connectivity index (χ0n) is 10.4. The molecule has 0 radical (unpaired) electrons. The van der Waals surface area contributed by atoms with E-state index >= 15 is 0 Å². The van der Waals surface area contributed by atoms with Gasteiger partial charge >= 0.3 is 5.97 Å². The molecule has 1 amide bonds. The number of morpholine rings is 1. The van der Waals surface area contributed by atoms with E-state index in [0.717, 1.165) is 25.7 Å². The first-order chi connectivity index (χ1) is 8.59. The highest BCUT2D eigenvalue weighted by molar-refractivity contribution is 5.85. The van der Waals surface area contributed by atoms with Crippen molar-refractivity contribution in [1.29, 1.82) is 0 Å². The Labute approximate surface area is 106 Å². The maximum absolute atomic E-state index is 12.3. The molecular weight excluding hydrogens is 236 g/mol. The fraction of sp³-hybridized carbons (Fsp3) is 0.833. The molecular formula is C12H20N2O4. The molecule has 1 unspecified atom stereocenters. The molecule has 0 spiro atoms. The molecule has 102 valence electrons. The maximum Gasteiger partial charge on any atom is 0.328 e. The molecule has 6 nitrogen and oxygen atoms in total. The van der Waals surface area contributed by atoms with Gasteiger partial charge in [-0.15, -0.1) is 0 Å². The molecule has 3 N–H and O–H groups in total. The van der Waals surface area contributed by atoms with Crippen LogP contribution in [0.5, 0.6) is 0 Å². The van der Waals surface area contributed by atoms with Crippen molar-refractivity contribution in [2.24, 2.45) is 11.7 Å². The Kier molecular flexibility index (Phi) is 4.19. The lowest BCUT2D eigenvalue weighted by Crippen LogP contribution is -2.54. The predicted octanol–water partition coefficient (Wildman–Crippen LogP) is -0.184. The zero-order chi connectivity index (χ0) is 13.1. The number of carbonyl (C=O) groups is 2. The molecule has 0 aromatic carbocycles. The average molecular weight is 256 g/mol. The number of nitrogens with two attached hydrogens (primary N) is 1. The second-order valence-corrected chi connectivity index (χ2v) is 5.07. The molecule has 0 aromatic heterocycles. The number of carbonyl (C=O) groups excluding carboxylic acids is 1. The number of rotatable bonds is 2. The van der Waals surface area contributed by atoms with Gasteiger partial charge in [-0.3, -0.25) is 4.79 Å². The molecule has 1 saturated carbocycles. The minimum absolute atomic E-state index is 0.0439. The molecule has 6 heteroatoms. The van der Waals surface area contributed by atoms with Gasteiger partial charge in [-0.1, -0.05) is 0 Å². The van der Waals surface area contributed by atoms with Crippen LogP contribution < -0.4 is 5.73 Å². The Morgan fingerprint density at radius 2 is 1.89 bits per heavy atom. The third kappa shape index (κ3) is 2.81. The van der Waals surface area contributed by atoms with Crippen LogP contribution >= 0.6 is 0 Å². The highest BCUT2D eigenvalue weighted by Gasteiger charge is 2.36. The number of ether oxygens (including phenoxy) is 1. The van der Waals surface area contributed by atoms with Crippen molar-refractivity contribution in [1.82, 2.24) is 4.90 Å². The molecule has 2 rings (SSSR count). The van der Waals surface area contributed by atoms with Gasteiger partial charge in [0.2, 0.25) is 5.91 Å². The van der Waals surface area contributed by atoms with E-state index in [-0.39, 0.29) is 24.5 Å². The summed E-state index contributed by atoms with van der Waals surface area (Å²) in [7, 11) is 0. The van der Waals surface area contributed by atoms with Crippen molar-refractivity contribution in [2.75, 3.05) is 19.8 Å². The third-order valence-electron chi connectivity index (χ3n) is 3.82. The molecule has 0 bridgehead atoms. The van der Waals surface area contributed by atoms with Gasteiger partial charge in [0.1, 0.15) is 0 Å². The lowest BCUT2D eigenvalue weighted by atomic mass is 9.85. The van der Waals surface area contributed by atoms with Crippen molar-refractivity contribution >= 4 is 11.9 Å². The summed E-state index contributed by atoms with van der Waals surface area (Å²) in [6, 6.07) is -0.643. The van der Waals surface area contributed by atoms with E-state index in [4.69, 9.17) is 15.6 Å². The Bertz CT molecular complexity index is 326. The molecule has 2 aliphatic rings. The lowest BCUT2D eigenvalue weighted by Gasteiger charge is -2.36. The largest absolute Gasteiger partial charge is 0.480 e. The SMILES string of the molecule is NC1CCC(C(=O)N2CCOCC2C(=O)O)CC1. The van der Waals surface area contributed by atoms with E-state index in [1.165, 1.54) is 4.90 Å². The van der Waals surface area contributed by atoms with E-state index in [2.05, 4.69) is 0 Å². The first kappa shape index (κ1) is 13.3. The highest BCUT2D eigenvalue weighted by Crippen LogP contribution is 2.26. The van der Waals surface area contributed by atoms with Gasteiger partial charge in [-0.2, -0.15) is 0 Å². The molecule has 18 heavy (non-hydrogen) atoms. The summed E-state index contributed by atoms with van der Waals surface area (Å²) in [4.78, 5) is 24.9. The van der Waals surface area contributed by atoms with Crippen molar-refractivity contribution in [3.8, 4) is 0 Å². The second-order valence-electron chi connectivity index (χ2n) is 5.07. The van der Waals surface area contributed by atoms with E-state index in [1.54, 1.807) is 0 Å². The van der Waals surface area contributed by atoms with Crippen molar-refractivity contribution < 1.29 is 19.4 Å². The minimum Gasteiger partial charge on any atom is -0.480 e. The van der Waals surface area contributed by atoms with Gasteiger partial charge < -0.3 is 20.5 Å². The molecule has 0 aromatic rings. The van der Waals surface area contributed by atoms with Gasteiger partial charge in [-0.05, 0) is 25.7 Å². The van der Waals surface area contributed by atoms with Crippen LogP contribution in [0.1, 0.15) is 25.7 Å². The van der Waals surface area contributed by atoms with Crippen LogP contribution in [0.3, 0.4) is 0 Å². The summed E-state index contributed by atoms with van der Waals surface area (Å²) in [5, 5.41) is 9.10. The number of hydrogen-bond donors (Lipinski definition) is 2. The van der Waals surface area contributed by atoms with Crippen LogP contribution in [-0.2, 0) is 14.3 Å². The summed E-state index contributed by atoms with van der Waals surface area (Å²) in [6.45, 7) is 0.882. The molecule has 2 fully saturated rings. The fourth-order valence-electron chi connectivity index (χ4n) is 2.67. The van der Waals surface area contributed by atoms with Gasteiger partial charge in [0.05, 0.1) is 13.2 Å². The summed E-state index contributed by atoms with van der Waals surface area (Å²) in [6.07, 6.45) is 3.23. The van der Waals surface area contributed by atoms with Gasteiger partial charge in [-0.25, -0.2) is 4.79 Å². The van der Waals surface area contributed by atoms with E-state index in [9.17, 15) is 9.59 Å². The van der Waals surface area contributed by atoms with Crippen LogP contribution in [0, 0.1) is 5.92 Å². The molecule has 1 heterocycles. The summed E-state index contributed by atoms with van der Waals surface area (Å²) < 4.78 is 5.13. The average Bonchev–Trinajstić information content (AvgIpc) is 2.39. The van der Waals surface area contributed by atoms with Crippen LogP contribution in [0.15, 0.2) is 0 Å². The summed E-state index contributed by atoms with van der Waals surface area (Å²) >= 11 is 0. The van der Waals surface area contributed by atoms with Gasteiger partial charge in [0.15, 0.2) is 6.04 Å². The summed E-state index contributed by atoms with van der Waals surface area (Å²) in [5.41, 5.74) is 5.81. The van der Waals surface area contributed by atoms with E-state index in [0.29, 0.717) is 13.2 Å². The van der Waals surface area contributed by atoms with Gasteiger partial charge in [0, 0.05) is 18.5 Å².